The molecule has 156 valence electrons. The Hall–Kier alpha value is -3.51. The second kappa shape index (κ2) is 10.3. The highest BCUT2D eigenvalue weighted by atomic mass is 16.5. The third kappa shape index (κ3) is 5.30. The largest absolute Gasteiger partial charge is 0.497 e. The van der Waals surface area contributed by atoms with Crippen molar-refractivity contribution in [3.8, 4) is 11.5 Å². The van der Waals surface area contributed by atoms with E-state index >= 15 is 0 Å². The number of carbonyl (C=O) groups excluding carboxylic acids is 1. The molecule has 0 aliphatic rings. The predicted octanol–water partition coefficient (Wildman–Crippen LogP) is 3.53. The highest BCUT2D eigenvalue weighted by Gasteiger charge is 2.28. The van der Waals surface area contributed by atoms with Gasteiger partial charge in [-0.25, -0.2) is 0 Å². The van der Waals surface area contributed by atoms with Crippen molar-refractivity contribution in [2.45, 2.75) is 18.7 Å². The van der Waals surface area contributed by atoms with E-state index in [0.717, 1.165) is 11.1 Å². The lowest BCUT2D eigenvalue weighted by molar-refractivity contribution is -0.130. The summed E-state index contributed by atoms with van der Waals surface area (Å²) >= 11 is 0. The fourth-order valence-corrected chi connectivity index (χ4v) is 3.14. The smallest absolute Gasteiger partial charge is 0.251 e. The van der Waals surface area contributed by atoms with Gasteiger partial charge in [-0.15, -0.1) is 0 Å². The normalized spacial score (nSPS) is 12.5. The fraction of sp³-hybridized carbons (Fsp3) is 0.208. The predicted molar refractivity (Wildman–Crippen MR) is 117 cm³/mol. The molecule has 6 heteroatoms. The van der Waals surface area contributed by atoms with Gasteiger partial charge in [-0.2, -0.15) is 0 Å². The highest BCUT2D eigenvalue weighted by Crippen LogP contribution is 2.33. The van der Waals surface area contributed by atoms with Crippen molar-refractivity contribution in [2.75, 3.05) is 19.5 Å². The lowest BCUT2D eigenvalue weighted by Crippen LogP contribution is -2.40. The summed E-state index contributed by atoms with van der Waals surface area (Å²) in [6.07, 6.45) is -1.33. The second-order valence-corrected chi connectivity index (χ2v) is 6.75. The Balaban J connectivity index is 1.83. The molecule has 0 aromatic heterocycles. The molecule has 0 unspecified atom stereocenters. The van der Waals surface area contributed by atoms with Crippen molar-refractivity contribution in [1.82, 2.24) is 5.32 Å². The molecule has 0 bridgehead atoms. The van der Waals surface area contributed by atoms with Crippen LogP contribution in [0.3, 0.4) is 0 Å². The number of hydrogen-bond donors (Lipinski definition) is 3. The summed E-state index contributed by atoms with van der Waals surface area (Å²) in [7, 11) is 3.14. The van der Waals surface area contributed by atoms with E-state index in [0.29, 0.717) is 23.7 Å². The van der Waals surface area contributed by atoms with Crippen LogP contribution in [0.5, 0.6) is 11.5 Å². The molecular formula is C24H26N2O4. The molecule has 0 spiro atoms. The maximum atomic E-state index is 12.7. The molecule has 0 radical (unpaired) electrons. The van der Waals surface area contributed by atoms with E-state index in [9.17, 15) is 9.90 Å². The molecule has 6 nitrogen and oxygen atoms in total. The minimum Gasteiger partial charge on any atom is -0.497 e. The number of nitrogens with one attached hydrogen (secondary N) is 2. The average molecular weight is 406 g/mol. The monoisotopic (exact) mass is 406 g/mol. The zero-order valence-electron chi connectivity index (χ0n) is 17.0. The Morgan fingerprint density at radius 1 is 0.933 bits per heavy atom. The van der Waals surface area contributed by atoms with E-state index < -0.39 is 18.1 Å². The first-order valence-corrected chi connectivity index (χ1v) is 9.65. The topological polar surface area (TPSA) is 79.8 Å². The van der Waals surface area contributed by atoms with Crippen molar-refractivity contribution in [3.05, 3.63) is 90.0 Å². The first-order valence-electron chi connectivity index (χ1n) is 9.65. The van der Waals surface area contributed by atoms with E-state index in [1.165, 1.54) is 0 Å². The SMILES string of the molecule is COc1ccc(OC)c(N[C@H](c2ccccc2)[C@@H](O)C(=O)NCc2ccccc2)c1. The number of carbonyl (C=O) groups is 1. The lowest BCUT2D eigenvalue weighted by Gasteiger charge is -2.26. The van der Waals surface area contributed by atoms with Gasteiger partial charge in [0.2, 0.25) is 0 Å². The fourth-order valence-electron chi connectivity index (χ4n) is 3.14. The molecule has 0 heterocycles. The van der Waals surface area contributed by atoms with Crippen LogP contribution >= 0.6 is 0 Å². The van der Waals surface area contributed by atoms with Gasteiger partial charge < -0.3 is 25.2 Å². The zero-order valence-corrected chi connectivity index (χ0v) is 17.0. The van der Waals surface area contributed by atoms with Crippen molar-refractivity contribution in [3.63, 3.8) is 0 Å². The van der Waals surface area contributed by atoms with Crippen LogP contribution in [-0.4, -0.2) is 31.3 Å². The molecule has 0 aliphatic carbocycles. The molecule has 0 saturated carbocycles. The quantitative estimate of drug-likeness (QED) is 0.507. The molecule has 0 saturated heterocycles. The van der Waals surface area contributed by atoms with Crippen LogP contribution in [0.1, 0.15) is 17.2 Å². The highest BCUT2D eigenvalue weighted by molar-refractivity contribution is 5.82. The third-order valence-corrected chi connectivity index (χ3v) is 4.77. The second-order valence-electron chi connectivity index (χ2n) is 6.75. The van der Waals surface area contributed by atoms with Crippen molar-refractivity contribution in [2.24, 2.45) is 0 Å². The van der Waals surface area contributed by atoms with Gasteiger partial charge in [-0.1, -0.05) is 60.7 Å². The Labute approximate surface area is 176 Å². The van der Waals surface area contributed by atoms with Crippen LogP contribution in [0.4, 0.5) is 5.69 Å². The first-order chi connectivity index (χ1) is 14.6. The van der Waals surface area contributed by atoms with E-state index in [4.69, 9.17) is 9.47 Å². The Morgan fingerprint density at radius 3 is 2.23 bits per heavy atom. The minimum atomic E-state index is -1.33. The van der Waals surface area contributed by atoms with Gasteiger partial charge >= 0.3 is 0 Å². The summed E-state index contributed by atoms with van der Waals surface area (Å²) in [5.74, 6) is 0.740. The van der Waals surface area contributed by atoms with Crippen LogP contribution in [0.2, 0.25) is 0 Å². The number of methoxy groups -OCH3 is 2. The Kier molecular flexibility index (Phi) is 7.29. The number of ether oxygens (including phenoxy) is 2. The number of amides is 1. The number of aliphatic hydroxyl groups excluding tert-OH is 1. The number of aliphatic hydroxyl groups is 1. The molecular weight excluding hydrogens is 380 g/mol. The first kappa shape index (κ1) is 21.2. The van der Waals surface area contributed by atoms with Gasteiger partial charge in [0.1, 0.15) is 11.5 Å². The number of rotatable bonds is 9. The van der Waals surface area contributed by atoms with Gasteiger partial charge in [0, 0.05) is 12.6 Å². The van der Waals surface area contributed by atoms with Crippen LogP contribution in [0.25, 0.3) is 0 Å². The summed E-state index contributed by atoms with van der Waals surface area (Å²) in [5.41, 5.74) is 2.34. The van der Waals surface area contributed by atoms with E-state index in [-0.39, 0.29) is 0 Å². The average Bonchev–Trinajstić information content (AvgIpc) is 2.81. The summed E-state index contributed by atoms with van der Waals surface area (Å²) < 4.78 is 10.7. The summed E-state index contributed by atoms with van der Waals surface area (Å²) in [5, 5.41) is 17.0. The molecule has 3 rings (SSSR count). The lowest BCUT2D eigenvalue weighted by atomic mass is 10.00. The van der Waals surface area contributed by atoms with Crippen LogP contribution in [0.15, 0.2) is 78.9 Å². The van der Waals surface area contributed by atoms with Crippen molar-refractivity contribution < 1.29 is 19.4 Å². The van der Waals surface area contributed by atoms with Gasteiger partial charge in [-0.05, 0) is 23.3 Å². The Morgan fingerprint density at radius 2 is 1.60 bits per heavy atom. The van der Waals surface area contributed by atoms with Crippen molar-refractivity contribution in [1.29, 1.82) is 0 Å². The van der Waals surface area contributed by atoms with Crippen LogP contribution in [-0.2, 0) is 11.3 Å². The molecule has 30 heavy (non-hydrogen) atoms. The maximum absolute atomic E-state index is 12.7. The summed E-state index contributed by atoms with van der Waals surface area (Å²) in [6, 6.07) is 23.5. The van der Waals surface area contributed by atoms with Gasteiger partial charge in [0.05, 0.1) is 25.9 Å². The molecule has 1 amide bonds. The molecule has 0 fully saturated rings. The molecule has 0 aliphatic heterocycles. The summed E-state index contributed by atoms with van der Waals surface area (Å²) in [6.45, 7) is 0.334. The standard InChI is InChI=1S/C24H26N2O4/c1-29-19-13-14-21(30-2)20(15-19)26-22(18-11-7-4-8-12-18)23(27)24(28)25-16-17-9-5-3-6-10-17/h3-15,22-23,26-27H,16H2,1-2H3,(H,25,28)/t22-,23-/m1/s1. The van der Waals surface area contributed by atoms with E-state index in [2.05, 4.69) is 10.6 Å². The molecule has 2 atom stereocenters. The van der Waals surface area contributed by atoms with E-state index in [1.54, 1.807) is 32.4 Å². The maximum Gasteiger partial charge on any atom is 0.251 e. The van der Waals surface area contributed by atoms with Gasteiger partial charge in [0.25, 0.3) is 5.91 Å². The molecule has 3 N–H and O–H groups in total. The zero-order chi connectivity index (χ0) is 21.3. The number of anilines is 1. The summed E-state index contributed by atoms with van der Waals surface area (Å²) in [4.78, 5) is 12.7. The third-order valence-electron chi connectivity index (χ3n) is 4.77. The van der Waals surface area contributed by atoms with Crippen molar-refractivity contribution >= 4 is 11.6 Å². The number of hydrogen-bond acceptors (Lipinski definition) is 5. The Bertz CT molecular complexity index is 948. The number of benzene rings is 3. The minimum absolute atomic E-state index is 0.334. The van der Waals surface area contributed by atoms with Gasteiger partial charge in [0.15, 0.2) is 6.10 Å². The molecule has 3 aromatic carbocycles. The molecule has 3 aromatic rings. The van der Waals surface area contributed by atoms with Crippen LogP contribution < -0.4 is 20.1 Å². The van der Waals surface area contributed by atoms with Gasteiger partial charge in [-0.3, -0.25) is 4.79 Å². The van der Waals surface area contributed by atoms with E-state index in [1.807, 2.05) is 60.7 Å². The van der Waals surface area contributed by atoms with Crippen LogP contribution in [0, 0.1) is 0 Å².